The van der Waals surface area contributed by atoms with Crippen LogP contribution in [0, 0.1) is 13.8 Å². The molecule has 0 saturated heterocycles. The second-order valence-electron chi connectivity index (χ2n) is 6.23. The number of Topliss-reactive ketones (excluding diaryl/α,β-unsaturated/α-hetero) is 1. The molecule has 0 aliphatic heterocycles. The summed E-state index contributed by atoms with van der Waals surface area (Å²) in [5, 5.41) is 8.97. The van der Waals surface area contributed by atoms with Crippen molar-refractivity contribution < 1.29 is 9.59 Å². The van der Waals surface area contributed by atoms with Crippen molar-refractivity contribution in [2.75, 3.05) is 10.7 Å². The van der Waals surface area contributed by atoms with Crippen molar-refractivity contribution in [3.8, 4) is 0 Å². The second kappa shape index (κ2) is 7.66. The van der Waals surface area contributed by atoms with E-state index in [4.69, 9.17) is 0 Å². The standard InChI is InChI=1S/C18H21N3O2S2/c1-4-16(23)21(13-6-7-13)17-19-20-18(25-17)24-10-15(22)14-8-5-11(2)9-12(14)3/h5,8-9,13H,4,6-7,10H2,1-3H3. The predicted octanol–water partition coefficient (Wildman–Crippen LogP) is 4.04. The van der Waals surface area contributed by atoms with Crippen LogP contribution in [0.3, 0.4) is 0 Å². The number of aromatic nitrogens is 2. The first-order valence-electron chi connectivity index (χ1n) is 8.38. The maximum absolute atomic E-state index is 12.4. The maximum Gasteiger partial charge on any atom is 0.228 e. The molecular formula is C18H21N3O2S2. The van der Waals surface area contributed by atoms with Crippen molar-refractivity contribution >= 4 is 39.9 Å². The van der Waals surface area contributed by atoms with E-state index in [2.05, 4.69) is 10.2 Å². The number of amides is 1. The molecular weight excluding hydrogens is 354 g/mol. The van der Waals surface area contributed by atoms with Gasteiger partial charge in [0.25, 0.3) is 0 Å². The van der Waals surface area contributed by atoms with Gasteiger partial charge in [0.05, 0.1) is 5.75 Å². The molecule has 1 amide bonds. The smallest absolute Gasteiger partial charge is 0.228 e. The fourth-order valence-electron chi connectivity index (χ4n) is 2.66. The molecule has 0 spiro atoms. The molecule has 5 nitrogen and oxygen atoms in total. The van der Waals surface area contributed by atoms with Crippen LogP contribution < -0.4 is 4.90 Å². The summed E-state index contributed by atoms with van der Waals surface area (Å²) in [6, 6.07) is 6.13. The molecule has 0 radical (unpaired) electrons. The van der Waals surface area contributed by atoms with Gasteiger partial charge in [-0.15, -0.1) is 10.2 Å². The SMILES string of the molecule is CCC(=O)N(c1nnc(SCC(=O)c2ccc(C)cc2C)s1)C1CC1. The third-order valence-electron chi connectivity index (χ3n) is 4.09. The van der Waals surface area contributed by atoms with Gasteiger partial charge in [0, 0.05) is 18.0 Å². The van der Waals surface area contributed by atoms with E-state index in [1.54, 1.807) is 4.90 Å². The number of nitrogens with zero attached hydrogens (tertiary/aromatic N) is 3. The second-order valence-corrected chi connectivity index (χ2v) is 8.41. The average Bonchev–Trinajstić information content (AvgIpc) is 3.30. The molecule has 1 aromatic carbocycles. The van der Waals surface area contributed by atoms with Crippen LogP contribution in [0.2, 0.25) is 0 Å². The largest absolute Gasteiger partial charge is 0.293 e. The summed E-state index contributed by atoms with van der Waals surface area (Å²) in [4.78, 5) is 26.3. The van der Waals surface area contributed by atoms with Crippen LogP contribution in [0.1, 0.15) is 47.7 Å². The van der Waals surface area contributed by atoms with Gasteiger partial charge in [-0.1, -0.05) is 53.8 Å². The van der Waals surface area contributed by atoms with Crippen LogP contribution >= 0.6 is 23.1 Å². The number of ketones is 1. The Balaban J connectivity index is 1.65. The van der Waals surface area contributed by atoms with Crippen LogP contribution in [0.5, 0.6) is 0 Å². The molecule has 0 unspecified atom stereocenters. The van der Waals surface area contributed by atoms with E-state index in [0.717, 1.165) is 33.9 Å². The van der Waals surface area contributed by atoms with E-state index in [1.165, 1.54) is 23.1 Å². The van der Waals surface area contributed by atoms with E-state index < -0.39 is 0 Å². The Hall–Kier alpha value is -1.73. The van der Waals surface area contributed by atoms with Crippen molar-refractivity contribution in [1.82, 2.24) is 10.2 Å². The lowest BCUT2D eigenvalue weighted by molar-refractivity contribution is -0.118. The summed E-state index contributed by atoms with van der Waals surface area (Å²) >= 11 is 2.77. The molecule has 1 aromatic heterocycles. The van der Waals surface area contributed by atoms with Gasteiger partial charge in [-0.05, 0) is 32.3 Å². The maximum atomic E-state index is 12.4. The Kier molecular flexibility index (Phi) is 5.54. The van der Waals surface area contributed by atoms with Gasteiger partial charge in [0.1, 0.15) is 0 Å². The number of thioether (sulfide) groups is 1. The number of benzene rings is 1. The number of aryl methyl sites for hydroxylation is 2. The third-order valence-corrected chi connectivity index (χ3v) is 6.15. The molecule has 1 aliphatic rings. The van der Waals surface area contributed by atoms with Crippen LogP contribution in [0.25, 0.3) is 0 Å². The highest BCUT2D eigenvalue weighted by molar-refractivity contribution is 8.01. The highest BCUT2D eigenvalue weighted by Gasteiger charge is 2.35. The number of rotatable bonds is 7. The number of carbonyl (C=O) groups is 2. The molecule has 132 valence electrons. The molecule has 1 saturated carbocycles. The van der Waals surface area contributed by atoms with Crippen molar-refractivity contribution in [1.29, 1.82) is 0 Å². The average molecular weight is 376 g/mol. The molecule has 2 aromatic rings. The normalized spacial score (nSPS) is 13.7. The molecule has 3 rings (SSSR count). The summed E-state index contributed by atoms with van der Waals surface area (Å²) in [7, 11) is 0. The van der Waals surface area contributed by atoms with Crippen molar-refractivity contribution in [3.05, 3.63) is 34.9 Å². The van der Waals surface area contributed by atoms with Gasteiger partial charge in [-0.25, -0.2) is 0 Å². The van der Waals surface area contributed by atoms with Crippen molar-refractivity contribution in [2.45, 2.75) is 50.4 Å². The van der Waals surface area contributed by atoms with Gasteiger partial charge >= 0.3 is 0 Å². The lowest BCUT2D eigenvalue weighted by Crippen LogP contribution is -2.32. The highest BCUT2D eigenvalue weighted by atomic mass is 32.2. The van der Waals surface area contributed by atoms with E-state index in [1.807, 2.05) is 39.0 Å². The minimum absolute atomic E-state index is 0.0848. The van der Waals surface area contributed by atoms with Crippen molar-refractivity contribution in [2.24, 2.45) is 0 Å². The van der Waals surface area contributed by atoms with Gasteiger partial charge < -0.3 is 0 Å². The molecule has 1 aliphatic carbocycles. The zero-order chi connectivity index (χ0) is 18.0. The van der Waals surface area contributed by atoms with Gasteiger partial charge in [-0.2, -0.15) is 0 Å². The van der Waals surface area contributed by atoms with Gasteiger partial charge in [0.15, 0.2) is 10.1 Å². The fraction of sp³-hybridized carbons (Fsp3) is 0.444. The van der Waals surface area contributed by atoms with Gasteiger partial charge in [0.2, 0.25) is 11.0 Å². The lowest BCUT2D eigenvalue weighted by Gasteiger charge is -2.17. The molecule has 7 heteroatoms. The third kappa shape index (κ3) is 4.27. The minimum Gasteiger partial charge on any atom is -0.293 e. The van der Waals surface area contributed by atoms with Crippen LogP contribution in [-0.2, 0) is 4.79 Å². The van der Waals surface area contributed by atoms with Crippen LogP contribution in [0.15, 0.2) is 22.5 Å². The Bertz CT molecular complexity index is 799. The number of hydrogen-bond donors (Lipinski definition) is 0. The zero-order valence-electron chi connectivity index (χ0n) is 14.6. The Morgan fingerprint density at radius 2 is 2.04 bits per heavy atom. The molecule has 1 fully saturated rings. The summed E-state index contributed by atoms with van der Waals surface area (Å²) in [6.07, 6.45) is 2.52. The molecule has 0 N–H and O–H groups in total. The molecule has 0 atom stereocenters. The minimum atomic E-state index is 0.0848. The van der Waals surface area contributed by atoms with Gasteiger partial charge in [-0.3, -0.25) is 14.5 Å². The van der Waals surface area contributed by atoms with E-state index in [9.17, 15) is 9.59 Å². The van der Waals surface area contributed by atoms with E-state index in [0.29, 0.717) is 17.3 Å². The Morgan fingerprint density at radius 1 is 1.28 bits per heavy atom. The zero-order valence-corrected chi connectivity index (χ0v) is 16.2. The summed E-state index contributed by atoms with van der Waals surface area (Å²) < 4.78 is 0.725. The first-order chi connectivity index (χ1) is 12.0. The topological polar surface area (TPSA) is 63.2 Å². The van der Waals surface area contributed by atoms with Crippen molar-refractivity contribution in [3.63, 3.8) is 0 Å². The van der Waals surface area contributed by atoms with E-state index >= 15 is 0 Å². The number of carbonyl (C=O) groups excluding carboxylic acids is 2. The predicted molar refractivity (Wildman–Crippen MR) is 102 cm³/mol. The Labute approximate surface area is 155 Å². The lowest BCUT2D eigenvalue weighted by atomic mass is 10.0. The summed E-state index contributed by atoms with van der Waals surface area (Å²) in [5.74, 6) is 0.494. The van der Waals surface area contributed by atoms with Crippen LogP contribution in [-0.4, -0.2) is 33.7 Å². The Morgan fingerprint density at radius 3 is 2.68 bits per heavy atom. The highest BCUT2D eigenvalue weighted by Crippen LogP contribution is 2.36. The monoisotopic (exact) mass is 375 g/mol. The summed E-state index contributed by atoms with van der Waals surface area (Å²) in [6.45, 7) is 5.83. The fourth-order valence-corrected chi connectivity index (χ4v) is 4.47. The van der Waals surface area contributed by atoms with E-state index in [-0.39, 0.29) is 17.7 Å². The number of hydrogen-bond acceptors (Lipinski definition) is 6. The molecule has 1 heterocycles. The molecule has 25 heavy (non-hydrogen) atoms. The number of anilines is 1. The summed E-state index contributed by atoms with van der Waals surface area (Å²) in [5.41, 5.74) is 2.90. The molecule has 0 bridgehead atoms. The van der Waals surface area contributed by atoms with Crippen LogP contribution in [0.4, 0.5) is 5.13 Å². The quantitative estimate of drug-likeness (QED) is 0.415. The first-order valence-corrected chi connectivity index (χ1v) is 10.2. The first kappa shape index (κ1) is 18.1.